The van der Waals surface area contributed by atoms with E-state index in [0.29, 0.717) is 17.1 Å². The average Bonchev–Trinajstić information content (AvgIpc) is 3.32. The highest BCUT2D eigenvalue weighted by Gasteiger charge is 2.45. The van der Waals surface area contributed by atoms with Crippen LogP contribution < -0.4 is 10.6 Å². The van der Waals surface area contributed by atoms with Crippen molar-refractivity contribution < 1.29 is 4.74 Å². The van der Waals surface area contributed by atoms with Gasteiger partial charge in [0.1, 0.15) is 29.6 Å². The van der Waals surface area contributed by atoms with E-state index in [2.05, 4.69) is 41.5 Å². The lowest BCUT2D eigenvalue weighted by Gasteiger charge is -2.47. The smallest absolute Gasteiger partial charge is 0.145 e. The molecule has 33 heavy (non-hydrogen) atoms. The summed E-state index contributed by atoms with van der Waals surface area (Å²) in [7, 11) is 0. The Morgan fingerprint density at radius 1 is 1.03 bits per heavy atom. The lowest BCUT2D eigenvalue weighted by molar-refractivity contribution is -0.0124. The van der Waals surface area contributed by atoms with Crippen LogP contribution in [0.4, 0.5) is 23.3 Å². The van der Waals surface area contributed by atoms with Crippen molar-refractivity contribution in [2.24, 2.45) is 5.41 Å². The third-order valence-corrected chi connectivity index (χ3v) is 6.46. The van der Waals surface area contributed by atoms with E-state index in [0.717, 1.165) is 49.4 Å². The molecule has 0 aromatic carbocycles. The highest BCUT2D eigenvalue weighted by Crippen LogP contribution is 2.38. The topological polar surface area (TPSA) is 88.1 Å². The highest BCUT2D eigenvalue weighted by molar-refractivity contribution is 7.98. The second-order valence-electron chi connectivity index (χ2n) is 8.09. The van der Waals surface area contributed by atoms with Crippen LogP contribution in [0, 0.1) is 5.41 Å². The molecule has 0 bridgehead atoms. The van der Waals surface area contributed by atoms with E-state index in [1.54, 1.807) is 18.0 Å². The van der Waals surface area contributed by atoms with E-state index in [-0.39, 0.29) is 0 Å². The Morgan fingerprint density at radius 2 is 1.85 bits per heavy atom. The van der Waals surface area contributed by atoms with Crippen molar-refractivity contribution in [3.05, 3.63) is 54.6 Å². The molecule has 0 radical (unpaired) electrons. The maximum absolute atomic E-state index is 5.56. The summed E-state index contributed by atoms with van der Waals surface area (Å²) in [5.41, 5.74) is 1.63. The van der Waals surface area contributed by atoms with Crippen molar-refractivity contribution in [2.75, 3.05) is 43.2 Å². The van der Waals surface area contributed by atoms with Gasteiger partial charge in [0, 0.05) is 55.0 Å². The van der Waals surface area contributed by atoms with E-state index in [1.807, 2.05) is 50.6 Å². The van der Waals surface area contributed by atoms with Gasteiger partial charge in [0.05, 0.1) is 6.61 Å². The second kappa shape index (κ2) is 10.9. The SMILES string of the molecule is CC.CSc1cccnc1Nc1cc(Nc2ccc(CN3CC4(CCOC4)C3)cn2)ncn1. The highest BCUT2D eigenvalue weighted by atomic mass is 32.2. The molecule has 1 spiro atoms. The molecule has 3 aromatic rings. The summed E-state index contributed by atoms with van der Waals surface area (Å²) >= 11 is 1.63. The number of likely N-dealkylation sites (tertiary alicyclic amines) is 1. The molecule has 2 aliphatic rings. The summed E-state index contributed by atoms with van der Waals surface area (Å²) < 4.78 is 5.56. The van der Waals surface area contributed by atoms with Gasteiger partial charge in [-0.25, -0.2) is 19.9 Å². The monoisotopic (exact) mass is 465 g/mol. The molecule has 0 amide bonds. The molecule has 2 fully saturated rings. The standard InChI is InChI=1S/C22H25N7OS.C2H6/c1-31-17-3-2-7-23-21(17)28-20-9-19(25-15-26-20)27-18-5-4-16(10-24-18)11-29-12-22(13-29)6-8-30-14-22;1-2/h2-5,7,9-10,15H,6,8,11-14H2,1H3,(H2,23,24,25,26,27,28);1-2H3. The van der Waals surface area contributed by atoms with Crippen molar-refractivity contribution in [1.82, 2.24) is 24.8 Å². The van der Waals surface area contributed by atoms with Crippen LogP contribution >= 0.6 is 11.8 Å². The number of ether oxygens (including phenoxy) is 1. The summed E-state index contributed by atoms with van der Waals surface area (Å²) in [6, 6.07) is 9.89. The van der Waals surface area contributed by atoms with Crippen LogP contribution in [0.3, 0.4) is 0 Å². The van der Waals surface area contributed by atoms with E-state index < -0.39 is 0 Å². The van der Waals surface area contributed by atoms with Crippen LogP contribution in [0.25, 0.3) is 0 Å². The van der Waals surface area contributed by atoms with Crippen LogP contribution in [0.1, 0.15) is 25.8 Å². The van der Waals surface area contributed by atoms with Crippen molar-refractivity contribution >= 4 is 35.0 Å². The second-order valence-corrected chi connectivity index (χ2v) is 8.94. The maximum atomic E-state index is 5.56. The van der Waals surface area contributed by atoms with E-state index >= 15 is 0 Å². The maximum Gasteiger partial charge on any atom is 0.145 e. The van der Waals surface area contributed by atoms with E-state index in [9.17, 15) is 0 Å². The zero-order valence-corrected chi connectivity index (χ0v) is 20.2. The van der Waals surface area contributed by atoms with Gasteiger partial charge in [-0.05, 0) is 36.4 Å². The van der Waals surface area contributed by atoms with Crippen LogP contribution in [0.5, 0.6) is 0 Å². The fraction of sp³-hybridized carbons (Fsp3) is 0.417. The molecule has 5 heterocycles. The predicted molar refractivity (Wildman–Crippen MR) is 133 cm³/mol. The van der Waals surface area contributed by atoms with Crippen LogP contribution in [0.15, 0.2) is 53.9 Å². The van der Waals surface area contributed by atoms with Crippen LogP contribution in [0.2, 0.25) is 0 Å². The number of anilines is 4. The summed E-state index contributed by atoms with van der Waals surface area (Å²) in [4.78, 5) is 21.1. The van der Waals surface area contributed by atoms with Gasteiger partial charge < -0.3 is 15.4 Å². The summed E-state index contributed by atoms with van der Waals surface area (Å²) in [5.74, 6) is 2.87. The minimum absolute atomic E-state index is 0.416. The Morgan fingerprint density at radius 3 is 2.55 bits per heavy atom. The summed E-state index contributed by atoms with van der Waals surface area (Å²) in [6.45, 7) is 9.00. The Balaban J connectivity index is 0.00000126. The largest absolute Gasteiger partial charge is 0.381 e. The molecular formula is C24H31N7OS. The molecule has 2 aliphatic heterocycles. The third kappa shape index (κ3) is 5.79. The van der Waals surface area contributed by atoms with Gasteiger partial charge in [-0.15, -0.1) is 11.8 Å². The van der Waals surface area contributed by atoms with Gasteiger partial charge >= 0.3 is 0 Å². The number of hydrogen-bond acceptors (Lipinski definition) is 9. The van der Waals surface area contributed by atoms with Gasteiger partial charge in [-0.1, -0.05) is 19.9 Å². The van der Waals surface area contributed by atoms with Crippen molar-refractivity contribution in [1.29, 1.82) is 0 Å². The van der Waals surface area contributed by atoms with Gasteiger partial charge in [0.25, 0.3) is 0 Å². The molecule has 9 heteroatoms. The van der Waals surface area contributed by atoms with Crippen molar-refractivity contribution in [2.45, 2.75) is 31.7 Å². The number of nitrogens with zero attached hydrogens (tertiary/aromatic N) is 5. The molecule has 2 saturated heterocycles. The fourth-order valence-electron chi connectivity index (χ4n) is 4.16. The first kappa shape index (κ1) is 23.4. The Kier molecular flexibility index (Phi) is 7.74. The molecule has 5 rings (SSSR count). The van der Waals surface area contributed by atoms with Gasteiger partial charge in [-0.2, -0.15) is 0 Å². The molecule has 2 N–H and O–H groups in total. The number of rotatable bonds is 7. The van der Waals surface area contributed by atoms with E-state index in [1.165, 1.54) is 18.3 Å². The number of nitrogens with one attached hydrogen (secondary N) is 2. The molecule has 0 aliphatic carbocycles. The predicted octanol–water partition coefficient (Wildman–Crippen LogP) is 4.72. The number of pyridine rings is 2. The summed E-state index contributed by atoms with van der Waals surface area (Å²) in [5, 5.41) is 6.50. The fourth-order valence-corrected chi connectivity index (χ4v) is 4.67. The first-order chi connectivity index (χ1) is 16.2. The Hall–Kier alpha value is -2.75. The van der Waals surface area contributed by atoms with Crippen LogP contribution in [-0.2, 0) is 11.3 Å². The molecule has 0 atom stereocenters. The quantitative estimate of drug-likeness (QED) is 0.481. The lowest BCUT2D eigenvalue weighted by atomic mass is 9.79. The molecule has 174 valence electrons. The lowest BCUT2D eigenvalue weighted by Crippen LogP contribution is -2.56. The van der Waals surface area contributed by atoms with Crippen molar-refractivity contribution in [3.8, 4) is 0 Å². The molecular weight excluding hydrogens is 434 g/mol. The van der Waals surface area contributed by atoms with Crippen LogP contribution in [-0.4, -0.2) is 57.4 Å². The summed E-state index contributed by atoms with van der Waals surface area (Å²) in [6.07, 6.45) is 8.42. The minimum Gasteiger partial charge on any atom is -0.381 e. The van der Waals surface area contributed by atoms with E-state index in [4.69, 9.17) is 4.74 Å². The average molecular weight is 466 g/mol. The molecule has 8 nitrogen and oxygen atoms in total. The Labute approximate surface area is 199 Å². The Bertz CT molecular complexity index is 1030. The zero-order valence-electron chi connectivity index (χ0n) is 19.4. The third-order valence-electron chi connectivity index (χ3n) is 5.69. The van der Waals surface area contributed by atoms with Gasteiger partial charge in [0.2, 0.25) is 0 Å². The van der Waals surface area contributed by atoms with Crippen molar-refractivity contribution in [3.63, 3.8) is 0 Å². The molecule has 3 aromatic heterocycles. The first-order valence-corrected chi connectivity index (χ1v) is 12.5. The molecule has 0 saturated carbocycles. The minimum atomic E-state index is 0.416. The number of thioether (sulfide) groups is 1. The number of aromatic nitrogens is 4. The number of hydrogen-bond donors (Lipinski definition) is 2. The van der Waals surface area contributed by atoms with Gasteiger partial charge in [0.15, 0.2) is 0 Å². The molecule has 0 unspecified atom stereocenters. The normalized spacial score (nSPS) is 16.6. The zero-order chi connectivity index (χ0) is 23.1. The van der Waals surface area contributed by atoms with Gasteiger partial charge in [-0.3, -0.25) is 4.90 Å². The first-order valence-electron chi connectivity index (χ1n) is 11.3.